The predicted molar refractivity (Wildman–Crippen MR) is 104 cm³/mol. The number of carbonyl (C=O) groups is 2. The third kappa shape index (κ3) is 3.15. The number of anilines is 1. The zero-order chi connectivity index (χ0) is 18.8. The highest BCUT2D eigenvalue weighted by molar-refractivity contribution is 6.14. The SMILES string of the molecule is CCOC(=O)c1oc2ccccc2c1NC(=O)c1ccc2ccccc2c1. The summed E-state index contributed by atoms with van der Waals surface area (Å²) in [6.45, 7) is 1.93. The van der Waals surface area contributed by atoms with Gasteiger partial charge in [-0.1, -0.05) is 42.5 Å². The maximum Gasteiger partial charge on any atom is 0.376 e. The fraction of sp³-hybridized carbons (Fsp3) is 0.0909. The molecule has 0 aliphatic carbocycles. The van der Waals surface area contributed by atoms with E-state index in [9.17, 15) is 9.59 Å². The second-order valence-corrected chi connectivity index (χ2v) is 6.04. The number of hydrogen-bond acceptors (Lipinski definition) is 4. The minimum atomic E-state index is -0.609. The summed E-state index contributed by atoms with van der Waals surface area (Å²) in [7, 11) is 0. The van der Waals surface area contributed by atoms with Gasteiger partial charge in [0.25, 0.3) is 5.91 Å². The van der Waals surface area contributed by atoms with Crippen LogP contribution in [0.25, 0.3) is 21.7 Å². The average Bonchev–Trinajstić information content (AvgIpc) is 3.06. The van der Waals surface area contributed by atoms with E-state index in [0.717, 1.165) is 10.8 Å². The predicted octanol–water partition coefficient (Wildman–Crippen LogP) is 5.02. The van der Waals surface area contributed by atoms with Gasteiger partial charge in [-0.25, -0.2) is 4.79 Å². The Labute approximate surface area is 155 Å². The number of fused-ring (bicyclic) bond motifs is 2. The molecule has 4 rings (SSSR count). The molecule has 5 nitrogen and oxygen atoms in total. The number of benzene rings is 3. The normalized spacial score (nSPS) is 10.9. The molecule has 27 heavy (non-hydrogen) atoms. The first-order valence-corrected chi connectivity index (χ1v) is 8.66. The topological polar surface area (TPSA) is 68.5 Å². The van der Waals surface area contributed by atoms with E-state index in [1.54, 1.807) is 31.2 Å². The standard InChI is InChI=1S/C22H17NO4/c1-2-26-22(25)20-19(17-9-5-6-10-18(17)27-20)23-21(24)16-12-11-14-7-3-4-8-15(14)13-16/h3-13H,2H2,1H3,(H,23,24). The van der Waals surface area contributed by atoms with Gasteiger partial charge >= 0.3 is 5.97 Å². The maximum absolute atomic E-state index is 12.8. The molecule has 4 aromatic rings. The number of ether oxygens (including phenoxy) is 1. The van der Waals surface area contributed by atoms with Crippen LogP contribution in [-0.2, 0) is 4.74 Å². The van der Waals surface area contributed by atoms with Crippen molar-refractivity contribution in [2.45, 2.75) is 6.92 Å². The molecular formula is C22H17NO4. The van der Waals surface area contributed by atoms with E-state index in [2.05, 4.69) is 5.32 Å². The third-order valence-electron chi connectivity index (χ3n) is 4.31. The molecule has 0 aliphatic rings. The highest BCUT2D eigenvalue weighted by Gasteiger charge is 2.23. The van der Waals surface area contributed by atoms with Crippen LogP contribution in [0.1, 0.15) is 27.8 Å². The summed E-state index contributed by atoms with van der Waals surface area (Å²) in [6, 6.07) is 20.4. The van der Waals surface area contributed by atoms with Crippen LogP contribution >= 0.6 is 0 Å². The van der Waals surface area contributed by atoms with Crippen molar-refractivity contribution >= 4 is 39.3 Å². The molecule has 1 N–H and O–H groups in total. The molecule has 5 heteroatoms. The van der Waals surface area contributed by atoms with Gasteiger partial charge in [-0.15, -0.1) is 0 Å². The molecular weight excluding hydrogens is 342 g/mol. The van der Waals surface area contributed by atoms with E-state index < -0.39 is 5.97 Å². The summed E-state index contributed by atoms with van der Waals surface area (Å²) in [6.07, 6.45) is 0. The monoisotopic (exact) mass is 359 g/mol. The van der Waals surface area contributed by atoms with E-state index in [4.69, 9.17) is 9.15 Å². The summed E-state index contributed by atoms with van der Waals surface area (Å²) in [5.41, 5.74) is 1.32. The number of nitrogens with one attached hydrogen (secondary N) is 1. The Balaban J connectivity index is 1.74. The van der Waals surface area contributed by atoms with E-state index in [1.165, 1.54) is 0 Å². The highest BCUT2D eigenvalue weighted by Crippen LogP contribution is 2.32. The lowest BCUT2D eigenvalue weighted by molar-refractivity contribution is 0.0494. The van der Waals surface area contributed by atoms with Gasteiger partial charge in [0.15, 0.2) is 0 Å². The van der Waals surface area contributed by atoms with Crippen molar-refractivity contribution in [3.8, 4) is 0 Å². The molecule has 0 fully saturated rings. The fourth-order valence-corrected chi connectivity index (χ4v) is 3.03. The van der Waals surface area contributed by atoms with E-state index in [-0.39, 0.29) is 18.3 Å². The number of hydrogen-bond donors (Lipinski definition) is 1. The Bertz CT molecular complexity index is 1160. The summed E-state index contributed by atoms with van der Waals surface area (Å²) >= 11 is 0. The maximum atomic E-state index is 12.8. The first-order chi connectivity index (χ1) is 13.2. The first-order valence-electron chi connectivity index (χ1n) is 8.66. The van der Waals surface area contributed by atoms with Crippen LogP contribution in [0.5, 0.6) is 0 Å². The molecule has 0 saturated heterocycles. The van der Waals surface area contributed by atoms with Crippen LogP contribution in [-0.4, -0.2) is 18.5 Å². The zero-order valence-corrected chi connectivity index (χ0v) is 14.7. The first kappa shape index (κ1) is 16.8. The lowest BCUT2D eigenvalue weighted by Gasteiger charge is -2.07. The summed E-state index contributed by atoms with van der Waals surface area (Å²) < 4.78 is 10.7. The number of rotatable bonds is 4. The Kier molecular flexibility index (Phi) is 4.34. The van der Waals surface area contributed by atoms with Crippen LogP contribution < -0.4 is 5.32 Å². The van der Waals surface area contributed by atoms with Crippen molar-refractivity contribution in [3.63, 3.8) is 0 Å². The van der Waals surface area contributed by atoms with Crippen molar-refractivity contribution in [3.05, 3.63) is 78.1 Å². The van der Waals surface area contributed by atoms with E-state index >= 15 is 0 Å². The van der Waals surface area contributed by atoms with Gasteiger partial charge in [0.05, 0.1) is 6.61 Å². The van der Waals surface area contributed by atoms with Gasteiger partial charge in [0.1, 0.15) is 11.3 Å². The minimum Gasteiger partial charge on any atom is -0.460 e. The number of furan rings is 1. The van der Waals surface area contributed by atoms with Crippen molar-refractivity contribution in [2.75, 3.05) is 11.9 Å². The van der Waals surface area contributed by atoms with Crippen molar-refractivity contribution in [1.29, 1.82) is 0 Å². The molecule has 1 aromatic heterocycles. The van der Waals surface area contributed by atoms with Crippen LogP contribution in [0.4, 0.5) is 5.69 Å². The molecule has 0 unspecified atom stereocenters. The van der Waals surface area contributed by atoms with Crippen LogP contribution in [0, 0.1) is 0 Å². The lowest BCUT2D eigenvalue weighted by atomic mass is 10.1. The molecule has 0 saturated carbocycles. The molecule has 1 heterocycles. The Hall–Kier alpha value is -3.60. The molecule has 134 valence electrons. The second-order valence-electron chi connectivity index (χ2n) is 6.04. The van der Waals surface area contributed by atoms with Gasteiger partial charge in [-0.3, -0.25) is 4.79 Å². The Morgan fingerprint density at radius 1 is 0.963 bits per heavy atom. The molecule has 1 amide bonds. The van der Waals surface area contributed by atoms with Gasteiger partial charge < -0.3 is 14.5 Å². The molecule has 0 atom stereocenters. The molecule has 0 radical (unpaired) electrons. The molecule has 0 bridgehead atoms. The second kappa shape index (κ2) is 6.96. The van der Waals surface area contributed by atoms with Crippen molar-refractivity contribution in [2.24, 2.45) is 0 Å². The zero-order valence-electron chi connectivity index (χ0n) is 14.7. The number of carbonyl (C=O) groups excluding carboxylic acids is 2. The van der Waals surface area contributed by atoms with Crippen molar-refractivity contribution < 1.29 is 18.7 Å². The minimum absolute atomic E-state index is 0.00723. The fourth-order valence-electron chi connectivity index (χ4n) is 3.03. The molecule has 3 aromatic carbocycles. The molecule has 0 spiro atoms. The van der Waals surface area contributed by atoms with Crippen LogP contribution in [0.2, 0.25) is 0 Å². The van der Waals surface area contributed by atoms with Crippen LogP contribution in [0.15, 0.2) is 71.1 Å². The van der Waals surface area contributed by atoms with E-state index in [0.29, 0.717) is 22.2 Å². The summed E-state index contributed by atoms with van der Waals surface area (Å²) in [4.78, 5) is 25.1. The lowest BCUT2D eigenvalue weighted by Crippen LogP contribution is -2.15. The average molecular weight is 359 g/mol. The van der Waals surface area contributed by atoms with E-state index in [1.807, 2.05) is 42.5 Å². The van der Waals surface area contributed by atoms with Gasteiger partial charge in [-0.2, -0.15) is 0 Å². The Morgan fingerprint density at radius 2 is 1.70 bits per heavy atom. The summed E-state index contributed by atoms with van der Waals surface area (Å²) in [5, 5.41) is 5.48. The summed E-state index contributed by atoms with van der Waals surface area (Å²) in [5.74, 6) is -0.937. The van der Waals surface area contributed by atoms with Crippen LogP contribution in [0.3, 0.4) is 0 Å². The highest BCUT2D eigenvalue weighted by atomic mass is 16.5. The number of esters is 1. The smallest absolute Gasteiger partial charge is 0.376 e. The number of para-hydroxylation sites is 1. The van der Waals surface area contributed by atoms with Crippen molar-refractivity contribution in [1.82, 2.24) is 0 Å². The number of amides is 1. The molecule has 0 aliphatic heterocycles. The van der Waals surface area contributed by atoms with Gasteiger partial charge in [0.2, 0.25) is 5.76 Å². The quantitative estimate of drug-likeness (QED) is 0.520. The van der Waals surface area contributed by atoms with Gasteiger partial charge in [0, 0.05) is 10.9 Å². The third-order valence-corrected chi connectivity index (χ3v) is 4.31. The van der Waals surface area contributed by atoms with Gasteiger partial charge in [-0.05, 0) is 42.0 Å². The largest absolute Gasteiger partial charge is 0.460 e. The Morgan fingerprint density at radius 3 is 2.52 bits per heavy atom.